The molecule has 0 aliphatic rings. The van der Waals surface area contributed by atoms with Gasteiger partial charge in [0.2, 0.25) is 0 Å². The van der Waals surface area contributed by atoms with E-state index in [1.54, 1.807) is 19.1 Å². The van der Waals surface area contributed by atoms with Crippen LogP contribution in [0.25, 0.3) is 0 Å². The van der Waals surface area contributed by atoms with Crippen LogP contribution in [0, 0.1) is 0 Å². The number of aromatic nitrogens is 1. The highest BCUT2D eigenvalue weighted by molar-refractivity contribution is 6.30. The van der Waals surface area contributed by atoms with Gasteiger partial charge >= 0.3 is 5.97 Å². The molecule has 2 N–H and O–H groups in total. The minimum atomic E-state index is -0.920. The molecule has 5 heteroatoms. The average Bonchev–Trinajstić information content (AvgIpc) is 2.08. The fourth-order valence-corrected chi connectivity index (χ4v) is 0.857. The third kappa shape index (κ3) is 2.91. The lowest BCUT2D eigenvalue weighted by Gasteiger charge is -2.08. The molecule has 0 saturated heterocycles. The first-order valence-electron chi connectivity index (χ1n) is 3.70. The Kier molecular flexibility index (Phi) is 3.08. The van der Waals surface area contributed by atoms with Crippen LogP contribution < -0.4 is 5.32 Å². The molecular formula is C8H9ClN2O2. The third-order valence-electron chi connectivity index (χ3n) is 1.46. The summed E-state index contributed by atoms with van der Waals surface area (Å²) in [5.41, 5.74) is 0. The number of carbonyl (C=O) groups is 1. The van der Waals surface area contributed by atoms with Crippen molar-refractivity contribution in [3.05, 3.63) is 23.4 Å². The highest BCUT2D eigenvalue weighted by Crippen LogP contribution is 2.10. The van der Waals surface area contributed by atoms with E-state index in [0.29, 0.717) is 10.8 Å². The van der Waals surface area contributed by atoms with Crippen LogP contribution in [-0.2, 0) is 4.79 Å². The highest BCUT2D eigenvalue weighted by Gasteiger charge is 2.09. The van der Waals surface area contributed by atoms with Crippen LogP contribution in [0.3, 0.4) is 0 Å². The Labute approximate surface area is 80.6 Å². The van der Waals surface area contributed by atoms with E-state index in [9.17, 15) is 4.79 Å². The van der Waals surface area contributed by atoms with Crippen molar-refractivity contribution < 1.29 is 9.90 Å². The van der Waals surface area contributed by atoms with Gasteiger partial charge in [0.15, 0.2) is 0 Å². The van der Waals surface area contributed by atoms with E-state index >= 15 is 0 Å². The van der Waals surface area contributed by atoms with Crippen molar-refractivity contribution in [2.24, 2.45) is 0 Å². The van der Waals surface area contributed by atoms with E-state index in [4.69, 9.17) is 16.7 Å². The maximum absolute atomic E-state index is 10.5. The number of hydrogen-bond acceptors (Lipinski definition) is 3. The summed E-state index contributed by atoms with van der Waals surface area (Å²) >= 11 is 5.60. The van der Waals surface area contributed by atoms with Crippen LogP contribution in [0.1, 0.15) is 6.92 Å². The maximum atomic E-state index is 10.5. The molecule has 1 aromatic heterocycles. The molecule has 0 fully saturated rings. The van der Waals surface area contributed by atoms with Gasteiger partial charge in [-0.1, -0.05) is 11.6 Å². The molecule has 70 valence electrons. The summed E-state index contributed by atoms with van der Waals surface area (Å²) in [5.74, 6) is -0.420. The molecule has 1 aromatic rings. The van der Waals surface area contributed by atoms with Crippen molar-refractivity contribution in [1.82, 2.24) is 4.98 Å². The summed E-state index contributed by atoms with van der Waals surface area (Å²) in [6.45, 7) is 1.54. The number of aliphatic carboxylic acids is 1. The van der Waals surface area contributed by atoms with E-state index in [2.05, 4.69) is 10.3 Å². The largest absolute Gasteiger partial charge is 0.480 e. The number of nitrogens with one attached hydrogen (secondary N) is 1. The Morgan fingerprint density at radius 2 is 2.38 bits per heavy atom. The first kappa shape index (κ1) is 9.80. The maximum Gasteiger partial charge on any atom is 0.325 e. The van der Waals surface area contributed by atoms with Crippen LogP contribution >= 0.6 is 11.6 Å². The summed E-state index contributed by atoms with van der Waals surface area (Å²) in [4.78, 5) is 14.3. The van der Waals surface area contributed by atoms with Crippen LogP contribution in [0.2, 0.25) is 5.02 Å². The topological polar surface area (TPSA) is 62.2 Å². The Morgan fingerprint density at radius 3 is 2.85 bits per heavy atom. The minimum absolute atomic E-state index is 0.499. The predicted octanol–water partition coefficient (Wildman–Crippen LogP) is 1.62. The summed E-state index contributed by atoms with van der Waals surface area (Å²) in [6.07, 6.45) is 1.46. The molecule has 13 heavy (non-hydrogen) atoms. The number of anilines is 1. The van der Waals surface area contributed by atoms with Crippen LogP contribution in [0.5, 0.6) is 0 Å². The second-order valence-electron chi connectivity index (χ2n) is 2.57. The molecule has 0 aliphatic heterocycles. The molecule has 0 saturated carbocycles. The number of nitrogens with zero attached hydrogens (tertiary/aromatic N) is 1. The van der Waals surface area contributed by atoms with Crippen molar-refractivity contribution in [1.29, 1.82) is 0 Å². The van der Waals surface area contributed by atoms with Crippen molar-refractivity contribution >= 4 is 23.4 Å². The summed E-state index contributed by atoms with van der Waals surface area (Å²) in [7, 11) is 0. The molecule has 0 unspecified atom stereocenters. The molecule has 0 amide bonds. The van der Waals surface area contributed by atoms with Crippen molar-refractivity contribution in [2.45, 2.75) is 13.0 Å². The zero-order valence-electron chi connectivity index (χ0n) is 6.99. The summed E-state index contributed by atoms with van der Waals surface area (Å²) in [5, 5.41) is 11.8. The van der Waals surface area contributed by atoms with Gasteiger partial charge in [0.1, 0.15) is 11.9 Å². The van der Waals surface area contributed by atoms with Crippen molar-refractivity contribution in [3.8, 4) is 0 Å². The lowest BCUT2D eigenvalue weighted by Crippen LogP contribution is -2.25. The van der Waals surface area contributed by atoms with Gasteiger partial charge in [-0.05, 0) is 19.1 Å². The van der Waals surface area contributed by atoms with E-state index in [1.807, 2.05) is 0 Å². The predicted molar refractivity (Wildman–Crippen MR) is 50.0 cm³/mol. The molecule has 1 heterocycles. The fraction of sp³-hybridized carbons (Fsp3) is 0.250. The van der Waals surface area contributed by atoms with Crippen LogP contribution in [0.15, 0.2) is 18.3 Å². The molecule has 4 nitrogen and oxygen atoms in total. The normalized spacial score (nSPS) is 12.2. The van der Waals surface area contributed by atoms with Gasteiger partial charge in [0, 0.05) is 6.20 Å². The van der Waals surface area contributed by atoms with Crippen molar-refractivity contribution in [2.75, 3.05) is 5.32 Å². The van der Waals surface area contributed by atoms with Gasteiger partial charge < -0.3 is 10.4 Å². The smallest absolute Gasteiger partial charge is 0.325 e. The van der Waals surface area contributed by atoms with E-state index in [0.717, 1.165) is 0 Å². The second kappa shape index (κ2) is 4.09. The quantitative estimate of drug-likeness (QED) is 0.779. The Morgan fingerprint density at radius 1 is 1.69 bits per heavy atom. The zero-order chi connectivity index (χ0) is 9.84. The molecule has 0 bridgehead atoms. The molecule has 1 rings (SSSR count). The van der Waals surface area contributed by atoms with Gasteiger partial charge in [-0.25, -0.2) is 4.98 Å². The van der Waals surface area contributed by atoms with E-state index < -0.39 is 12.0 Å². The van der Waals surface area contributed by atoms with Gasteiger partial charge in [0.25, 0.3) is 0 Å². The van der Waals surface area contributed by atoms with Crippen LogP contribution in [-0.4, -0.2) is 22.1 Å². The number of carboxylic acids is 1. The minimum Gasteiger partial charge on any atom is -0.480 e. The molecule has 0 radical (unpaired) electrons. The first-order chi connectivity index (χ1) is 6.09. The molecule has 0 aromatic carbocycles. The summed E-state index contributed by atoms with van der Waals surface area (Å²) < 4.78 is 0. The average molecular weight is 201 g/mol. The lowest BCUT2D eigenvalue weighted by molar-refractivity contribution is -0.137. The monoisotopic (exact) mass is 200 g/mol. The Bertz CT molecular complexity index is 300. The number of halogens is 1. The Balaban J connectivity index is 2.64. The van der Waals surface area contributed by atoms with E-state index in [1.165, 1.54) is 6.20 Å². The standard InChI is InChI=1S/C8H9ClN2O2/c1-5(8(12)13)11-7-3-2-6(9)4-10-7/h2-5H,1H3,(H,10,11)(H,12,13)/t5-/m0/s1. The fourth-order valence-electron chi connectivity index (χ4n) is 0.745. The van der Waals surface area contributed by atoms with Gasteiger partial charge in [-0.3, -0.25) is 4.79 Å². The van der Waals surface area contributed by atoms with Crippen LogP contribution in [0.4, 0.5) is 5.82 Å². The van der Waals surface area contributed by atoms with E-state index in [-0.39, 0.29) is 0 Å². The van der Waals surface area contributed by atoms with Crippen molar-refractivity contribution in [3.63, 3.8) is 0 Å². The SMILES string of the molecule is C[C@H](Nc1ccc(Cl)cn1)C(=O)O. The number of hydrogen-bond donors (Lipinski definition) is 2. The number of carboxylic acid groups (broad SMARTS) is 1. The summed E-state index contributed by atoms with van der Waals surface area (Å²) in [6, 6.07) is 2.61. The Hall–Kier alpha value is -1.29. The molecule has 0 aliphatic carbocycles. The third-order valence-corrected chi connectivity index (χ3v) is 1.69. The second-order valence-corrected chi connectivity index (χ2v) is 3.00. The number of pyridine rings is 1. The highest BCUT2D eigenvalue weighted by atomic mass is 35.5. The first-order valence-corrected chi connectivity index (χ1v) is 4.08. The van der Waals surface area contributed by atoms with Gasteiger partial charge in [-0.2, -0.15) is 0 Å². The zero-order valence-corrected chi connectivity index (χ0v) is 7.75. The lowest BCUT2D eigenvalue weighted by atomic mass is 10.3. The molecular weight excluding hydrogens is 192 g/mol. The molecule has 0 spiro atoms. The number of rotatable bonds is 3. The molecule has 1 atom stereocenters. The van der Waals surface area contributed by atoms with Gasteiger partial charge in [-0.15, -0.1) is 0 Å². The van der Waals surface area contributed by atoms with Gasteiger partial charge in [0.05, 0.1) is 5.02 Å².